The van der Waals surface area contributed by atoms with Crippen molar-refractivity contribution in [1.29, 1.82) is 5.26 Å². The molecule has 1 N–H and O–H groups in total. The van der Waals surface area contributed by atoms with E-state index in [4.69, 9.17) is 4.74 Å². The summed E-state index contributed by atoms with van der Waals surface area (Å²) in [6.45, 7) is 0. The van der Waals surface area contributed by atoms with Crippen LogP contribution in [-0.2, 0) is 6.42 Å². The Morgan fingerprint density at radius 1 is 0.963 bits per heavy atom. The van der Waals surface area contributed by atoms with Crippen molar-refractivity contribution in [3.05, 3.63) is 94.5 Å². The molecule has 0 heterocycles. The van der Waals surface area contributed by atoms with Gasteiger partial charge in [-0.05, 0) is 47.9 Å². The highest BCUT2D eigenvalue weighted by Gasteiger charge is 2.25. The summed E-state index contributed by atoms with van der Waals surface area (Å²) >= 11 is 3.65. The second-order valence-electron chi connectivity index (χ2n) is 6.30. The maximum absolute atomic E-state index is 9.94. The number of benzene rings is 3. The molecule has 3 aromatic carbocycles. The number of nitrogens with zero attached hydrogens (tertiary/aromatic N) is 1. The summed E-state index contributed by atoms with van der Waals surface area (Å²) in [5.41, 5.74) is 3.17. The van der Waals surface area contributed by atoms with E-state index in [1.807, 2.05) is 60.7 Å². The molecule has 0 aliphatic heterocycles. The quantitative estimate of drug-likeness (QED) is 0.510. The minimum atomic E-state index is -0.229. The number of halogens is 1. The van der Waals surface area contributed by atoms with E-state index < -0.39 is 0 Å². The Labute approximate surface area is 168 Å². The van der Waals surface area contributed by atoms with Crippen molar-refractivity contribution >= 4 is 21.6 Å². The normalized spacial score (nSPS) is 12.6. The molecule has 2 atom stereocenters. The minimum absolute atomic E-state index is 0.154. The second kappa shape index (κ2) is 9.25. The van der Waals surface area contributed by atoms with E-state index >= 15 is 0 Å². The summed E-state index contributed by atoms with van der Waals surface area (Å²) in [6.07, 6.45) is 0.673. The molecule has 0 saturated carbocycles. The van der Waals surface area contributed by atoms with Gasteiger partial charge in [-0.3, -0.25) is 0 Å². The van der Waals surface area contributed by atoms with Crippen molar-refractivity contribution in [3.8, 4) is 11.8 Å². The van der Waals surface area contributed by atoms with Gasteiger partial charge in [-0.15, -0.1) is 0 Å². The first kappa shape index (κ1) is 19.0. The molecular weight excluding hydrogens is 400 g/mol. The fourth-order valence-corrected chi connectivity index (χ4v) is 3.63. The summed E-state index contributed by atoms with van der Waals surface area (Å²) in [5, 5.41) is 13.5. The highest BCUT2D eigenvalue weighted by Crippen LogP contribution is 2.34. The van der Waals surface area contributed by atoms with Crippen LogP contribution in [0.3, 0.4) is 0 Å². The van der Waals surface area contributed by atoms with Crippen LogP contribution in [0.4, 0.5) is 5.69 Å². The summed E-state index contributed by atoms with van der Waals surface area (Å²) in [4.78, 5) is 0. The van der Waals surface area contributed by atoms with Crippen LogP contribution in [0.1, 0.15) is 17.2 Å². The molecule has 0 aliphatic rings. The summed E-state index contributed by atoms with van der Waals surface area (Å²) in [6, 6.07) is 28.3. The number of nitrogens with one attached hydrogen (secondary N) is 1. The third-order valence-corrected chi connectivity index (χ3v) is 5.24. The summed E-state index contributed by atoms with van der Waals surface area (Å²) in [5.74, 6) is 0.576. The zero-order chi connectivity index (χ0) is 19.1. The molecule has 3 aromatic rings. The maximum Gasteiger partial charge on any atom is 0.119 e. The zero-order valence-electron chi connectivity index (χ0n) is 15.1. The first-order chi connectivity index (χ1) is 13.2. The van der Waals surface area contributed by atoms with Crippen LogP contribution in [0.15, 0.2) is 83.3 Å². The minimum Gasteiger partial charge on any atom is -0.497 e. The Morgan fingerprint density at radius 3 is 2.26 bits per heavy atom. The molecule has 136 valence electrons. The maximum atomic E-state index is 9.94. The zero-order valence-corrected chi connectivity index (χ0v) is 16.7. The van der Waals surface area contributed by atoms with Crippen molar-refractivity contribution in [2.24, 2.45) is 5.92 Å². The predicted molar refractivity (Wildman–Crippen MR) is 113 cm³/mol. The number of hydrogen-bond donors (Lipinski definition) is 1. The first-order valence-electron chi connectivity index (χ1n) is 8.80. The summed E-state index contributed by atoms with van der Waals surface area (Å²) in [7, 11) is 1.65. The summed E-state index contributed by atoms with van der Waals surface area (Å²) < 4.78 is 6.23. The largest absolute Gasteiger partial charge is 0.497 e. The van der Waals surface area contributed by atoms with Crippen LogP contribution < -0.4 is 10.1 Å². The molecule has 3 rings (SSSR count). The average Bonchev–Trinajstić information content (AvgIpc) is 2.72. The van der Waals surface area contributed by atoms with Crippen molar-refractivity contribution in [1.82, 2.24) is 0 Å². The van der Waals surface area contributed by atoms with E-state index in [0.29, 0.717) is 6.42 Å². The smallest absolute Gasteiger partial charge is 0.119 e. The van der Waals surface area contributed by atoms with E-state index in [-0.39, 0.29) is 12.0 Å². The molecule has 0 radical (unpaired) electrons. The van der Waals surface area contributed by atoms with Crippen molar-refractivity contribution < 1.29 is 4.74 Å². The highest BCUT2D eigenvalue weighted by atomic mass is 79.9. The van der Waals surface area contributed by atoms with Crippen molar-refractivity contribution in [2.45, 2.75) is 12.5 Å². The van der Waals surface area contributed by atoms with Crippen molar-refractivity contribution in [2.75, 3.05) is 12.4 Å². The predicted octanol–water partition coefficient (Wildman–Crippen LogP) is 5.99. The molecule has 0 fully saturated rings. The van der Waals surface area contributed by atoms with Gasteiger partial charge in [0.25, 0.3) is 0 Å². The lowest BCUT2D eigenvalue weighted by molar-refractivity contribution is 0.415. The lowest BCUT2D eigenvalue weighted by Gasteiger charge is -2.26. The van der Waals surface area contributed by atoms with E-state index in [1.165, 1.54) is 0 Å². The number of methoxy groups -OCH3 is 1. The molecule has 0 bridgehead atoms. The van der Waals surface area contributed by atoms with Crippen molar-refractivity contribution in [3.63, 3.8) is 0 Å². The molecule has 0 aromatic heterocycles. The lowest BCUT2D eigenvalue weighted by atomic mass is 9.88. The fourth-order valence-electron chi connectivity index (χ4n) is 3.10. The molecule has 4 heteroatoms. The first-order valence-corrected chi connectivity index (χ1v) is 9.59. The van der Waals surface area contributed by atoms with E-state index in [1.54, 1.807) is 7.11 Å². The number of nitriles is 1. The van der Waals surface area contributed by atoms with Gasteiger partial charge >= 0.3 is 0 Å². The Hall–Kier alpha value is -2.77. The molecule has 0 saturated heterocycles. The third-order valence-electron chi connectivity index (χ3n) is 4.52. The van der Waals surface area contributed by atoms with E-state index in [0.717, 1.165) is 27.0 Å². The van der Waals surface area contributed by atoms with Gasteiger partial charge in [0.2, 0.25) is 0 Å². The van der Waals surface area contributed by atoms with Crippen LogP contribution in [-0.4, -0.2) is 7.11 Å². The van der Waals surface area contributed by atoms with Crippen LogP contribution in [0.25, 0.3) is 0 Å². The number of rotatable bonds is 7. The van der Waals surface area contributed by atoms with E-state index in [2.05, 4.69) is 45.5 Å². The Kier molecular flexibility index (Phi) is 6.51. The van der Waals surface area contributed by atoms with Crippen LogP contribution >= 0.6 is 15.9 Å². The van der Waals surface area contributed by atoms with Gasteiger partial charge < -0.3 is 10.1 Å². The third kappa shape index (κ3) is 4.90. The topological polar surface area (TPSA) is 45.0 Å². The highest BCUT2D eigenvalue weighted by molar-refractivity contribution is 9.10. The van der Waals surface area contributed by atoms with Gasteiger partial charge in [0.1, 0.15) is 5.75 Å². The Morgan fingerprint density at radius 2 is 1.63 bits per heavy atom. The SMILES string of the molecule is COc1ccc(N[C@H](c2ccccc2Br)[C@@H](C#N)Cc2ccccc2)cc1. The van der Waals surface area contributed by atoms with Gasteiger partial charge in [-0.25, -0.2) is 0 Å². The fraction of sp³-hybridized carbons (Fsp3) is 0.174. The number of anilines is 1. The second-order valence-corrected chi connectivity index (χ2v) is 7.15. The Balaban J connectivity index is 1.93. The van der Waals surface area contributed by atoms with Gasteiger partial charge in [-0.1, -0.05) is 64.5 Å². The van der Waals surface area contributed by atoms with Gasteiger partial charge in [0.15, 0.2) is 0 Å². The van der Waals surface area contributed by atoms with Gasteiger partial charge in [-0.2, -0.15) is 5.26 Å². The standard InChI is InChI=1S/C23H21BrN2O/c1-27-20-13-11-19(12-14-20)26-23(21-9-5-6-10-22(21)24)18(16-25)15-17-7-3-2-4-8-17/h2-14,18,23,26H,15H2,1H3/t18-,23+/m1/s1. The molecule has 3 nitrogen and oxygen atoms in total. The van der Waals surface area contributed by atoms with Crippen LogP contribution in [0.2, 0.25) is 0 Å². The molecular formula is C23H21BrN2O. The molecule has 0 unspecified atom stereocenters. The monoisotopic (exact) mass is 420 g/mol. The lowest BCUT2D eigenvalue weighted by Crippen LogP contribution is -2.22. The van der Waals surface area contributed by atoms with Gasteiger partial charge in [0.05, 0.1) is 25.1 Å². The van der Waals surface area contributed by atoms with Crippen LogP contribution in [0, 0.1) is 17.2 Å². The molecule has 27 heavy (non-hydrogen) atoms. The average molecular weight is 421 g/mol. The Bertz CT molecular complexity index is 904. The van der Waals surface area contributed by atoms with Gasteiger partial charge in [0, 0.05) is 10.2 Å². The molecule has 0 amide bonds. The van der Waals surface area contributed by atoms with Crippen LogP contribution in [0.5, 0.6) is 5.75 Å². The number of ether oxygens (including phenoxy) is 1. The number of hydrogen-bond acceptors (Lipinski definition) is 3. The molecule has 0 aliphatic carbocycles. The van der Waals surface area contributed by atoms with E-state index in [9.17, 15) is 5.26 Å². The molecule has 0 spiro atoms.